The number of nitrogens with zero attached hydrogens (tertiary/aromatic N) is 1. The molecule has 0 aromatic rings. The summed E-state index contributed by atoms with van der Waals surface area (Å²) in [5, 5.41) is 0. The van der Waals surface area contributed by atoms with Gasteiger partial charge in [0.05, 0.1) is 13.2 Å². The third-order valence-electron chi connectivity index (χ3n) is 2.43. The highest BCUT2D eigenvalue weighted by Gasteiger charge is 2.70. The van der Waals surface area contributed by atoms with Crippen molar-refractivity contribution in [3.8, 4) is 0 Å². The summed E-state index contributed by atoms with van der Waals surface area (Å²) in [4.78, 5) is -0.151. The fourth-order valence-electron chi connectivity index (χ4n) is 1.62. The van der Waals surface area contributed by atoms with Crippen LogP contribution < -0.4 is 0 Å². The van der Waals surface area contributed by atoms with Gasteiger partial charge in [-0.15, -0.1) is 0 Å². The summed E-state index contributed by atoms with van der Waals surface area (Å²) in [6.07, 6.45) is -12.1. The van der Waals surface area contributed by atoms with Crippen molar-refractivity contribution in [2.45, 2.75) is 18.4 Å². The first kappa shape index (κ1) is 15.4. The van der Waals surface area contributed by atoms with Crippen LogP contribution in [0.15, 0.2) is 0 Å². The first-order valence-corrected chi connectivity index (χ1v) is 4.81. The molecule has 0 spiro atoms. The molecule has 1 aliphatic rings. The number of rotatable bonds is 2. The van der Waals surface area contributed by atoms with E-state index < -0.39 is 37.4 Å². The van der Waals surface area contributed by atoms with Gasteiger partial charge < -0.3 is 4.74 Å². The Kier molecular flexibility index (Phi) is 4.11. The molecule has 0 radical (unpaired) electrons. The van der Waals surface area contributed by atoms with E-state index in [2.05, 4.69) is 4.74 Å². The average molecular weight is 287 g/mol. The summed E-state index contributed by atoms with van der Waals surface area (Å²) in [7, 11) is 0. The second-order valence-corrected chi connectivity index (χ2v) is 3.70. The normalized spacial score (nSPS) is 20.5. The maximum absolute atomic E-state index is 13.4. The van der Waals surface area contributed by atoms with Crippen molar-refractivity contribution in [3.63, 3.8) is 0 Å². The van der Waals surface area contributed by atoms with E-state index in [9.17, 15) is 35.1 Å². The van der Waals surface area contributed by atoms with Gasteiger partial charge in [0.25, 0.3) is 0 Å². The quantitative estimate of drug-likeness (QED) is 0.572. The maximum Gasteiger partial charge on any atom is 0.407 e. The van der Waals surface area contributed by atoms with Crippen LogP contribution in [0.4, 0.5) is 35.1 Å². The zero-order chi connectivity index (χ0) is 14.2. The van der Waals surface area contributed by atoms with Crippen molar-refractivity contribution in [2.75, 3.05) is 26.3 Å². The fourth-order valence-corrected chi connectivity index (χ4v) is 1.62. The van der Waals surface area contributed by atoms with Crippen molar-refractivity contribution in [2.24, 2.45) is 5.92 Å². The number of hydrogen-bond acceptors (Lipinski definition) is 2. The smallest absolute Gasteiger partial charge is 0.379 e. The molecule has 0 N–H and O–H groups in total. The van der Waals surface area contributed by atoms with Gasteiger partial charge in [-0.2, -0.15) is 35.1 Å². The van der Waals surface area contributed by atoms with Crippen LogP contribution in [-0.2, 0) is 4.74 Å². The first-order valence-electron chi connectivity index (χ1n) is 4.81. The summed E-state index contributed by atoms with van der Waals surface area (Å²) in [5.41, 5.74) is 0. The Bertz CT molecular complexity index is 266. The van der Waals surface area contributed by atoms with Crippen LogP contribution in [0.1, 0.15) is 0 Å². The summed E-state index contributed by atoms with van der Waals surface area (Å²) in [6.45, 7) is -2.04. The Morgan fingerprint density at radius 1 is 0.778 bits per heavy atom. The van der Waals surface area contributed by atoms with Crippen molar-refractivity contribution in [1.82, 2.24) is 4.90 Å². The SMILES string of the molecule is FC(F)(F)C(C(F)(F)F)C(F)(F)N1CCOCC1. The number of alkyl halides is 8. The number of ether oxygens (including phenoxy) is 1. The summed E-state index contributed by atoms with van der Waals surface area (Å²) in [5.74, 6) is -4.70. The van der Waals surface area contributed by atoms with Crippen LogP contribution in [0, 0.1) is 5.92 Å². The standard InChI is InChI=1S/C8H9F8NO/c9-6(10,11)5(7(12,13)14)8(15,16)17-1-3-18-4-2-17/h5H,1-4H2. The highest BCUT2D eigenvalue weighted by molar-refractivity contribution is 4.89. The number of halogens is 8. The van der Waals surface area contributed by atoms with Crippen molar-refractivity contribution < 1.29 is 39.9 Å². The Morgan fingerprint density at radius 2 is 1.17 bits per heavy atom. The molecule has 1 aliphatic heterocycles. The minimum absolute atomic E-state index is 0.151. The van der Waals surface area contributed by atoms with Crippen LogP contribution in [-0.4, -0.2) is 49.6 Å². The van der Waals surface area contributed by atoms with E-state index in [-0.39, 0.29) is 18.1 Å². The van der Waals surface area contributed by atoms with Gasteiger partial charge in [0, 0.05) is 13.1 Å². The van der Waals surface area contributed by atoms with Gasteiger partial charge in [-0.25, -0.2) is 4.90 Å². The predicted molar refractivity (Wildman–Crippen MR) is 42.9 cm³/mol. The fraction of sp³-hybridized carbons (Fsp3) is 1.00. The third-order valence-corrected chi connectivity index (χ3v) is 2.43. The highest BCUT2D eigenvalue weighted by atomic mass is 19.4. The summed E-state index contributed by atoms with van der Waals surface area (Å²) < 4.78 is 105. The molecule has 0 saturated carbocycles. The summed E-state index contributed by atoms with van der Waals surface area (Å²) in [6, 6.07) is -5.04. The largest absolute Gasteiger partial charge is 0.407 e. The zero-order valence-corrected chi connectivity index (χ0v) is 8.78. The van der Waals surface area contributed by atoms with E-state index in [1.807, 2.05) is 0 Å². The molecule has 2 nitrogen and oxygen atoms in total. The van der Waals surface area contributed by atoms with Crippen LogP contribution in [0.2, 0.25) is 0 Å². The second kappa shape index (κ2) is 4.80. The minimum atomic E-state index is -6.07. The van der Waals surface area contributed by atoms with E-state index in [0.717, 1.165) is 0 Å². The Hall–Kier alpha value is -0.640. The molecule has 0 aromatic carbocycles. The molecule has 0 amide bonds. The molecule has 0 atom stereocenters. The van der Waals surface area contributed by atoms with E-state index in [1.165, 1.54) is 0 Å². The van der Waals surface area contributed by atoms with E-state index >= 15 is 0 Å². The molecule has 0 unspecified atom stereocenters. The van der Waals surface area contributed by atoms with Gasteiger partial charge in [-0.3, -0.25) is 0 Å². The molecular formula is C8H9F8NO. The van der Waals surface area contributed by atoms with E-state index in [0.29, 0.717) is 0 Å². The van der Waals surface area contributed by atoms with E-state index in [4.69, 9.17) is 0 Å². The highest BCUT2D eigenvalue weighted by Crippen LogP contribution is 2.49. The van der Waals surface area contributed by atoms with Gasteiger partial charge in [0.15, 0.2) is 0 Å². The van der Waals surface area contributed by atoms with Crippen molar-refractivity contribution in [1.29, 1.82) is 0 Å². The first-order chi connectivity index (χ1) is 7.97. The Balaban J connectivity index is 3.03. The van der Waals surface area contributed by atoms with Crippen LogP contribution >= 0.6 is 0 Å². The summed E-state index contributed by atoms with van der Waals surface area (Å²) >= 11 is 0. The lowest BCUT2D eigenvalue weighted by molar-refractivity contribution is -0.370. The van der Waals surface area contributed by atoms with Gasteiger partial charge in [-0.05, 0) is 0 Å². The Morgan fingerprint density at radius 3 is 1.50 bits per heavy atom. The van der Waals surface area contributed by atoms with Gasteiger partial charge >= 0.3 is 18.4 Å². The van der Waals surface area contributed by atoms with Crippen molar-refractivity contribution >= 4 is 0 Å². The molecule has 0 aliphatic carbocycles. The Labute approximate surface area is 96.5 Å². The molecule has 0 aromatic heterocycles. The lowest BCUT2D eigenvalue weighted by Crippen LogP contribution is -2.60. The van der Waals surface area contributed by atoms with Crippen LogP contribution in [0.3, 0.4) is 0 Å². The maximum atomic E-state index is 13.4. The zero-order valence-electron chi connectivity index (χ0n) is 8.78. The molecule has 0 bridgehead atoms. The second-order valence-electron chi connectivity index (χ2n) is 3.70. The molecule has 10 heteroatoms. The lowest BCUT2D eigenvalue weighted by atomic mass is 10.0. The third kappa shape index (κ3) is 3.22. The molecule has 1 heterocycles. The monoisotopic (exact) mass is 287 g/mol. The molecule has 108 valence electrons. The number of hydrogen-bond donors (Lipinski definition) is 0. The lowest BCUT2D eigenvalue weighted by Gasteiger charge is -2.39. The van der Waals surface area contributed by atoms with E-state index in [1.54, 1.807) is 0 Å². The van der Waals surface area contributed by atoms with Gasteiger partial charge in [0.2, 0.25) is 5.92 Å². The molecule has 1 fully saturated rings. The molecule has 18 heavy (non-hydrogen) atoms. The van der Waals surface area contributed by atoms with Crippen molar-refractivity contribution in [3.05, 3.63) is 0 Å². The predicted octanol–water partition coefficient (Wildman–Crippen LogP) is 2.65. The molecular weight excluding hydrogens is 278 g/mol. The topological polar surface area (TPSA) is 12.5 Å². The molecule has 1 rings (SSSR count). The number of morpholine rings is 1. The molecule has 1 saturated heterocycles. The van der Waals surface area contributed by atoms with Gasteiger partial charge in [-0.1, -0.05) is 0 Å². The minimum Gasteiger partial charge on any atom is -0.379 e. The average Bonchev–Trinajstić information content (AvgIpc) is 2.13. The van der Waals surface area contributed by atoms with Crippen LogP contribution in [0.25, 0.3) is 0 Å². The van der Waals surface area contributed by atoms with Gasteiger partial charge in [0.1, 0.15) is 0 Å². The van der Waals surface area contributed by atoms with Crippen LogP contribution in [0.5, 0.6) is 0 Å².